The molecule has 0 atom stereocenters. The normalized spacial score (nSPS) is 10.7. The van der Waals surface area contributed by atoms with Gasteiger partial charge in [0.1, 0.15) is 5.75 Å². The highest BCUT2D eigenvalue weighted by Gasteiger charge is 2.08. The Balaban J connectivity index is 2.88. The van der Waals surface area contributed by atoms with Crippen molar-refractivity contribution in [1.29, 1.82) is 0 Å². The van der Waals surface area contributed by atoms with E-state index in [1.54, 1.807) is 0 Å². The van der Waals surface area contributed by atoms with Gasteiger partial charge < -0.3 is 9.30 Å². The third-order valence-corrected chi connectivity index (χ3v) is 2.64. The molecule has 0 aliphatic heterocycles. The summed E-state index contributed by atoms with van der Waals surface area (Å²) in [5.41, 5.74) is 1.69. The summed E-state index contributed by atoms with van der Waals surface area (Å²) in [6, 6.07) is 5.59. The molecule has 16 heavy (non-hydrogen) atoms. The monoisotopic (exact) mass is 217 g/mol. The molecule has 1 aromatic heterocycles. The highest BCUT2D eigenvalue weighted by atomic mass is 16.5. The van der Waals surface area contributed by atoms with Gasteiger partial charge in [-0.15, -0.1) is 0 Å². The second-order valence-electron chi connectivity index (χ2n) is 3.84. The van der Waals surface area contributed by atoms with Crippen LogP contribution in [-0.2, 0) is 7.05 Å². The molecule has 1 heterocycles. The molecule has 1 aromatic carbocycles. The number of ether oxygens (including phenoxy) is 1. The predicted molar refractivity (Wildman–Crippen MR) is 65.1 cm³/mol. The molecule has 3 heteroatoms. The zero-order valence-corrected chi connectivity index (χ0v) is 9.78. The third kappa shape index (κ3) is 1.58. The lowest BCUT2D eigenvalue weighted by atomic mass is 10.1. The lowest BCUT2D eigenvalue weighted by Crippen LogP contribution is -2.11. The summed E-state index contributed by atoms with van der Waals surface area (Å²) >= 11 is 0. The van der Waals surface area contributed by atoms with Crippen molar-refractivity contribution in [3.63, 3.8) is 0 Å². The number of pyridine rings is 1. The van der Waals surface area contributed by atoms with E-state index in [4.69, 9.17) is 4.74 Å². The first-order valence-electron chi connectivity index (χ1n) is 5.37. The van der Waals surface area contributed by atoms with Crippen LogP contribution < -0.4 is 10.2 Å². The first-order chi connectivity index (χ1) is 7.65. The summed E-state index contributed by atoms with van der Waals surface area (Å²) in [6.07, 6.45) is 1.84. The number of nitrogens with zero attached hydrogens (tertiary/aromatic N) is 1. The zero-order chi connectivity index (χ0) is 11.7. The summed E-state index contributed by atoms with van der Waals surface area (Å²) in [5.74, 6) is 0.764. The van der Waals surface area contributed by atoms with Crippen LogP contribution in [0.2, 0.25) is 0 Å². The fourth-order valence-corrected chi connectivity index (χ4v) is 1.97. The van der Waals surface area contributed by atoms with E-state index < -0.39 is 0 Å². The largest absolute Gasteiger partial charge is 0.492 e. The summed E-state index contributed by atoms with van der Waals surface area (Å²) < 4.78 is 7.48. The topological polar surface area (TPSA) is 31.2 Å². The van der Waals surface area contributed by atoms with Crippen molar-refractivity contribution in [3.8, 4) is 5.75 Å². The van der Waals surface area contributed by atoms with Crippen molar-refractivity contribution in [3.05, 3.63) is 40.2 Å². The van der Waals surface area contributed by atoms with Gasteiger partial charge >= 0.3 is 0 Å². The Morgan fingerprint density at radius 2 is 2.12 bits per heavy atom. The molecule has 0 saturated carbocycles. The molecule has 0 spiro atoms. The highest BCUT2D eigenvalue weighted by molar-refractivity contribution is 5.85. The minimum absolute atomic E-state index is 0.0784. The van der Waals surface area contributed by atoms with Crippen LogP contribution in [0, 0.1) is 6.92 Å². The van der Waals surface area contributed by atoms with Gasteiger partial charge in [0.05, 0.1) is 12.1 Å². The number of rotatable bonds is 2. The van der Waals surface area contributed by atoms with Crippen LogP contribution in [0.1, 0.15) is 12.5 Å². The molecule has 0 saturated heterocycles. The maximum atomic E-state index is 12.0. The minimum atomic E-state index is 0.0784. The minimum Gasteiger partial charge on any atom is -0.492 e. The van der Waals surface area contributed by atoms with Crippen LogP contribution in [0.3, 0.4) is 0 Å². The molecule has 0 fully saturated rings. The number of benzene rings is 1. The highest BCUT2D eigenvalue weighted by Crippen LogP contribution is 2.23. The number of hydrogen-bond acceptors (Lipinski definition) is 2. The predicted octanol–water partition coefficient (Wildman–Crippen LogP) is 2.25. The first-order valence-corrected chi connectivity index (χ1v) is 5.37. The standard InChI is InChI=1S/C13H15NO2/c1-4-16-11-7-5-6-10-12(11)14(3)8-9(2)13(10)15/h5-8H,4H2,1-3H3. The molecule has 0 radical (unpaired) electrons. The van der Waals surface area contributed by atoms with E-state index in [1.165, 1.54) is 0 Å². The van der Waals surface area contributed by atoms with Crippen molar-refractivity contribution in [2.75, 3.05) is 6.61 Å². The number of aryl methyl sites for hydroxylation is 2. The van der Waals surface area contributed by atoms with E-state index in [0.717, 1.165) is 16.8 Å². The Hall–Kier alpha value is -1.77. The molecular formula is C13H15NO2. The molecule has 2 aromatic rings. The maximum Gasteiger partial charge on any atom is 0.192 e. The van der Waals surface area contributed by atoms with E-state index in [2.05, 4.69) is 0 Å². The van der Waals surface area contributed by atoms with Crippen LogP contribution in [0.15, 0.2) is 29.2 Å². The second kappa shape index (κ2) is 4.00. The van der Waals surface area contributed by atoms with Crippen LogP contribution in [-0.4, -0.2) is 11.2 Å². The Kier molecular flexibility index (Phi) is 2.69. The van der Waals surface area contributed by atoms with Crippen molar-refractivity contribution >= 4 is 10.9 Å². The van der Waals surface area contributed by atoms with Crippen molar-refractivity contribution in [1.82, 2.24) is 4.57 Å². The van der Waals surface area contributed by atoms with Gasteiger partial charge in [-0.3, -0.25) is 4.79 Å². The van der Waals surface area contributed by atoms with E-state index >= 15 is 0 Å². The van der Waals surface area contributed by atoms with Crippen LogP contribution >= 0.6 is 0 Å². The van der Waals surface area contributed by atoms with E-state index in [0.29, 0.717) is 12.0 Å². The molecule has 0 amide bonds. The lowest BCUT2D eigenvalue weighted by Gasteiger charge is -2.11. The Bertz CT molecular complexity index is 584. The zero-order valence-electron chi connectivity index (χ0n) is 9.78. The number of hydrogen-bond donors (Lipinski definition) is 0. The quantitative estimate of drug-likeness (QED) is 0.772. The number of para-hydroxylation sites is 1. The van der Waals surface area contributed by atoms with Gasteiger partial charge in [-0.25, -0.2) is 0 Å². The number of aromatic nitrogens is 1. The smallest absolute Gasteiger partial charge is 0.192 e. The third-order valence-electron chi connectivity index (χ3n) is 2.64. The fraction of sp³-hybridized carbons (Fsp3) is 0.308. The van der Waals surface area contributed by atoms with Crippen molar-refractivity contribution < 1.29 is 4.74 Å². The summed E-state index contributed by atoms with van der Waals surface area (Å²) in [6.45, 7) is 4.36. The SMILES string of the molecule is CCOc1cccc2c(=O)c(C)cn(C)c12. The molecule has 0 bridgehead atoms. The lowest BCUT2D eigenvalue weighted by molar-refractivity contribution is 0.343. The Morgan fingerprint density at radius 3 is 2.81 bits per heavy atom. The van der Waals surface area contributed by atoms with Crippen molar-refractivity contribution in [2.24, 2.45) is 7.05 Å². The maximum absolute atomic E-state index is 12.0. The van der Waals surface area contributed by atoms with Gasteiger partial charge in [0.15, 0.2) is 5.43 Å². The molecule has 3 nitrogen and oxygen atoms in total. The van der Waals surface area contributed by atoms with E-state index in [9.17, 15) is 4.79 Å². The van der Waals surface area contributed by atoms with Gasteiger partial charge in [0, 0.05) is 24.2 Å². The Labute approximate surface area is 94.3 Å². The van der Waals surface area contributed by atoms with E-state index in [1.807, 2.05) is 49.9 Å². The first kappa shape index (κ1) is 10.7. The molecule has 0 aliphatic rings. The van der Waals surface area contributed by atoms with Crippen LogP contribution in [0.4, 0.5) is 0 Å². The summed E-state index contributed by atoms with van der Waals surface area (Å²) in [4.78, 5) is 12.0. The molecule has 84 valence electrons. The molecule has 0 N–H and O–H groups in total. The van der Waals surface area contributed by atoms with Gasteiger partial charge in [-0.1, -0.05) is 6.07 Å². The van der Waals surface area contributed by atoms with Gasteiger partial charge in [0.2, 0.25) is 0 Å². The van der Waals surface area contributed by atoms with Crippen LogP contribution in [0.25, 0.3) is 10.9 Å². The second-order valence-corrected chi connectivity index (χ2v) is 3.84. The van der Waals surface area contributed by atoms with Gasteiger partial charge in [0.25, 0.3) is 0 Å². The molecule has 0 unspecified atom stereocenters. The summed E-state index contributed by atoms with van der Waals surface area (Å²) in [7, 11) is 1.93. The molecule has 0 aliphatic carbocycles. The van der Waals surface area contributed by atoms with Gasteiger partial charge in [-0.2, -0.15) is 0 Å². The average Bonchev–Trinajstić information content (AvgIpc) is 2.26. The summed E-state index contributed by atoms with van der Waals surface area (Å²) in [5, 5.41) is 0.716. The fourth-order valence-electron chi connectivity index (χ4n) is 1.97. The van der Waals surface area contributed by atoms with Gasteiger partial charge in [-0.05, 0) is 26.0 Å². The average molecular weight is 217 g/mol. The number of fused-ring (bicyclic) bond motifs is 1. The van der Waals surface area contributed by atoms with Crippen molar-refractivity contribution in [2.45, 2.75) is 13.8 Å². The van der Waals surface area contributed by atoms with Crippen LogP contribution in [0.5, 0.6) is 5.75 Å². The Morgan fingerprint density at radius 1 is 1.38 bits per heavy atom. The van der Waals surface area contributed by atoms with E-state index in [-0.39, 0.29) is 5.43 Å². The molecule has 2 rings (SSSR count). The molecular weight excluding hydrogens is 202 g/mol.